The highest BCUT2D eigenvalue weighted by Gasteiger charge is 2.30. The quantitative estimate of drug-likeness (QED) is 0.144. The molecule has 2 aromatic carbocycles. The number of methoxy groups -OCH3 is 2. The van der Waals surface area contributed by atoms with Gasteiger partial charge in [-0.25, -0.2) is 23.5 Å². The van der Waals surface area contributed by atoms with Gasteiger partial charge in [0.1, 0.15) is 40.4 Å². The second-order valence-corrected chi connectivity index (χ2v) is 13.7. The zero-order chi connectivity index (χ0) is 39.9. The Kier molecular flexibility index (Phi) is 12.6. The maximum Gasteiger partial charge on any atom is 0.410 e. The van der Waals surface area contributed by atoms with Crippen LogP contribution in [0.5, 0.6) is 11.5 Å². The number of hydrogen-bond donors (Lipinski definition) is 5. The first-order valence-electron chi connectivity index (χ1n) is 17.4. The molecular formula is C37H44F2N10O6. The smallest absolute Gasteiger partial charge is 0.410 e. The van der Waals surface area contributed by atoms with Gasteiger partial charge in [-0.15, -0.1) is 0 Å². The molecule has 7 N–H and O–H groups in total. The van der Waals surface area contributed by atoms with Crippen molar-refractivity contribution >= 4 is 41.2 Å². The first-order valence-corrected chi connectivity index (χ1v) is 17.4. The predicted octanol–water partition coefficient (Wildman–Crippen LogP) is 4.07. The zero-order valence-electron chi connectivity index (χ0n) is 31.1. The van der Waals surface area contributed by atoms with Crippen LogP contribution in [0, 0.1) is 11.6 Å². The van der Waals surface area contributed by atoms with Crippen molar-refractivity contribution in [3.63, 3.8) is 0 Å². The number of nitrogens with two attached hydrogens (primary N) is 2. The van der Waals surface area contributed by atoms with E-state index >= 15 is 0 Å². The monoisotopic (exact) mass is 762 g/mol. The maximum atomic E-state index is 13.6. The second-order valence-electron chi connectivity index (χ2n) is 13.7. The average molecular weight is 763 g/mol. The lowest BCUT2D eigenvalue weighted by Crippen LogP contribution is -2.36. The number of benzene rings is 2. The van der Waals surface area contributed by atoms with Gasteiger partial charge < -0.3 is 46.5 Å². The Morgan fingerprint density at radius 3 is 1.75 bits per heavy atom. The van der Waals surface area contributed by atoms with Crippen LogP contribution in [0.25, 0.3) is 0 Å². The molecule has 2 saturated heterocycles. The fourth-order valence-electron chi connectivity index (χ4n) is 5.80. The molecule has 0 aliphatic carbocycles. The number of amides is 1. The van der Waals surface area contributed by atoms with Crippen LogP contribution in [0.3, 0.4) is 0 Å². The zero-order valence-corrected chi connectivity index (χ0v) is 31.1. The third-order valence-corrected chi connectivity index (χ3v) is 8.50. The van der Waals surface area contributed by atoms with Crippen molar-refractivity contribution < 1.29 is 37.4 Å². The van der Waals surface area contributed by atoms with Crippen molar-refractivity contribution in [3.05, 3.63) is 82.7 Å². The summed E-state index contributed by atoms with van der Waals surface area (Å²) in [6, 6.07) is 7.51. The van der Waals surface area contributed by atoms with Gasteiger partial charge in [-0.3, -0.25) is 9.59 Å². The Hall–Kier alpha value is -6.17. The van der Waals surface area contributed by atoms with Crippen molar-refractivity contribution in [1.29, 1.82) is 0 Å². The number of anilines is 4. The van der Waals surface area contributed by atoms with E-state index in [-0.39, 0.29) is 69.5 Å². The number of carbonyl (C=O) groups excluding carboxylic acids is 3. The summed E-state index contributed by atoms with van der Waals surface area (Å²) >= 11 is 0. The molecule has 0 bridgehead atoms. The maximum absolute atomic E-state index is 13.6. The number of hydrogen-bond acceptors (Lipinski definition) is 15. The lowest BCUT2D eigenvalue weighted by molar-refractivity contribution is 0.0293. The van der Waals surface area contributed by atoms with Crippen molar-refractivity contribution in [2.24, 2.45) is 0 Å². The predicted molar refractivity (Wildman–Crippen MR) is 200 cm³/mol. The molecule has 2 atom stereocenters. The Balaban J connectivity index is 0.000000218. The fourth-order valence-corrected chi connectivity index (χ4v) is 5.80. The van der Waals surface area contributed by atoms with Gasteiger partial charge in [-0.1, -0.05) is 0 Å². The molecule has 1 amide bonds. The van der Waals surface area contributed by atoms with Crippen LogP contribution in [-0.4, -0.2) is 101 Å². The Morgan fingerprint density at radius 1 is 0.800 bits per heavy atom. The number of nitrogens with zero attached hydrogens (tertiary/aromatic N) is 5. The number of rotatable bonds is 10. The van der Waals surface area contributed by atoms with E-state index in [1.807, 2.05) is 20.8 Å². The summed E-state index contributed by atoms with van der Waals surface area (Å²) < 4.78 is 42.7. The highest BCUT2D eigenvalue weighted by Crippen LogP contribution is 2.27. The average Bonchev–Trinajstić information content (AvgIpc) is 3.83. The number of ether oxygens (including phenoxy) is 3. The molecule has 2 aromatic heterocycles. The van der Waals surface area contributed by atoms with Crippen LogP contribution >= 0.6 is 0 Å². The van der Waals surface area contributed by atoms with Gasteiger partial charge in [0.2, 0.25) is 23.5 Å². The molecule has 0 saturated carbocycles. The Labute approximate surface area is 316 Å². The second kappa shape index (κ2) is 17.3. The van der Waals surface area contributed by atoms with E-state index in [0.717, 1.165) is 31.6 Å². The summed E-state index contributed by atoms with van der Waals surface area (Å²) in [5.41, 5.74) is 11.6. The van der Waals surface area contributed by atoms with Gasteiger partial charge in [0.15, 0.2) is 0 Å². The highest BCUT2D eigenvalue weighted by atomic mass is 19.1. The van der Waals surface area contributed by atoms with E-state index in [1.165, 1.54) is 50.9 Å². The molecule has 2 aliphatic heterocycles. The van der Waals surface area contributed by atoms with Crippen LogP contribution in [0.4, 0.5) is 37.1 Å². The normalized spacial score (nSPS) is 16.5. The molecule has 18 heteroatoms. The van der Waals surface area contributed by atoms with Crippen molar-refractivity contribution in [1.82, 2.24) is 30.2 Å². The summed E-state index contributed by atoms with van der Waals surface area (Å²) in [6.07, 6.45) is 3.91. The molecule has 16 nitrogen and oxygen atoms in total. The number of nitrogen functional groups attached to an aromatic ring is 2. The van der Waals surface area contributed by atoms with Crippen LogP contribution in [-0.2, 0) is 4.74 Å². The van der Waals surface area contributed by atoms with Crippen molar-refractivity contribution in [3.8, 4) is 11.5 Å². The lowest BCUT2D eigenvalue weighted by Gasteiger charge is -2.24. The van der Waals surface area contributed by atoms with Crippen molar-refractivity contribution in [2.45, 2.75) is 51.3 Å². The van der Waals surface area contributed by atoms with Gasteiger partial charge in [0.05, 0.1) is 36.5 Å². The SMILES string of the molecule is COc1ccc(F)cc1C(=O)c1cnc(N[C@H]2CCN(C(=O)OC(C)(C)C)C2)nc1N.COc1ccc(F)cc1C(=O)c1cnc(N[C@H]2CCNC2)nc1N. The van der Waals surface area contributed by atoms with E-state index < -0.39 is 28.8 Å². The van der Waals surface area contributed by atoms with E-state index in [4.69, 9.17) is 25.7 Å². The molecule has 6 rings (SSSR count). The number of likely N-dealkylation sites (tertiary alicyclic amines) is 1. The van der Waals surface area contributed by atoms with E-state index in [2.05, 4.69) is 35.9 Å². The van der Waals surface area contributed by atoms with Gasteiger partial charge >= 0.3 is 6.09 Å². The van der Waals surface area contributed by atoms with E-state index in [9.17, 15) is 23.2 Å². The van der Waals surface area contributed by atoms with Crippen LogP contribution in [0.2, 0.25) is 0 Å². The number of nitrogens with one attached hydrogen (secondary N) is 3. The largest absolute Gasteiger partial charge is 0.496 e. The minimum atomic E-state index is -0.572. The summed E-state index contributed by atoms with van der Waals surface area (Å²) in [4.78, 5) is 55.8. The number of ketones is 2. The van der Waals surface area contributed by atoms with Gasteiger partial charge in [0.25, 0.3) is 0 Å². The fraction of sp³-hybridized carbons (Fsp3) is 0.378. The minimum absolute atomic E-state index is 0.0299. The summed E-state index contributed by atoms with van der Waals surface area (Å²) in [5.74, 6) is -1.06. The number of halogens is 2. The van der Waals surface area contributed by atoms with Gasteiger partial charge in [-0.2, -0.15) is 9.97 Å². The van der Waals surface area contributed by atoms with Crippen molar-refractivity contribution in [2.75, 3.05) is 62.5 Å². The van der Waals surface area contributed by atoms with Crippen LogP contribution in [0.1, 0.15) is 65.5 Å². The summed E-state index contributed by atoms with van der Waals surface area (Å²) in [5, 5.41) is 9.50. The first-order chi connectivity index (χ1) is 26.1. The molecule has 0 spiro atoms. The molecule has 55 heavy (non-hydrogen) atoms. The summed E-state index contributed by atoms with van der Waals surface area (Å²) in [6.45, 7) is 8.17. The molecule has 292 valence electrons. The molecular weight excluding hydrogens is 718 g/mol. The first kappa shape index (κ1) is 40.0. The third kappa shape index (κ3) is 10.3. The Morgan fingerprint density at radius 2 is 1.31 bits per heavy atom. The van der Waals surface area contributed by atoms with E-state index in [0.29, 0.717) is 25.5 Å². The number of aromatic nitrogens is 4. The highest BCUT2D eigenvalue weighted by molar-refractivity contribution is 6.13. The van der Waals surface area contributed by atoms with Gasteiger partial charge in [0, 0.05) is 44.1 Å². The minimum Gasteiger partial charge on any atom is -0.496 e. The third-order valence-electron chi connectivity index (χ3n) is 8.50. The van der Waals surface area contributed by atoms with Crippen LogP contribution < -0.4 is 36.9 Å². The lowest BCUT2D eigenvalue weighted by atomic mass is 10.0. The van der Waals surface area contributed by atoms with Crippen LogP contribution in [0.15, 0.2) is 48.8 Å². The molecule has 0 unspecified atom stereocenters. The molecule has 4 heterocycles. The van der Waals surface area contributed by atoms with E-state index in [1.54, 1.807) is 4.90 Å². The molecule has 2 aliphatic rings. The Bertz CT molecular complexity index is 2040. The molecule has 0 radical (unpaired) electrons. The molecule has 2 fully saturated rings. The van der Waals surface area contributed by atoms with Gasteiger partial charge in [-0.05, 0) is 76.6 Å². The standard InChI is InChI=1S/C21H26FN5O4.C16H18FN5O2/c1-21(2,3)31-20(29)27-8-7-13(11-27)25-19-24-10-15(18(23)26-19)17(28)14-9-12(22)5-6-16(14)30-4;1-24-13-3-2-9(17)6-11(13)14(23)12-8-20-16(22-15(12)18)21-10-4-5-19-7-10/h5-6,9-10,13H,7-8,11H2,1-4H3,(H3,23,24,25,26);2-3,6,8,10,19H,4-5,7H2,1H3,(H3,18,20,21,22)/t13-;10-/m00/s1. The summed E-state index contributed by atoms with van der Waals surface area (Å²) in [7, 11) is 2.80. The molecule has 4 aromatic rings. The topological polar surface area (TPSA) is 222 Å². The number of carbonyl (C=O) groups is 3.